The molecular formula is C20H20N4O5S. The fourth-order valence-corrected chi connectivity index (χ4v) is 4.08. The minimum atomic E-state index is -0.660. The first-order valence-corrected chi connectivity index (χ1v) is 9.98. The smallest absolute Gasteiger partial charge is 0.338 e. The lowest BCUT2D eigenvalue weighted by atomic mass is 10.1. The molecule has 0 aromatic carbocycles. The Balaban J connectivity index is 1.91. The second kappa shape index (κ2) is 8.23. The number of carbonyl (C=O) groups excluding carboxylic acids is 3. The van der Waals surface area contributed by atoms with E-state index in [2.05, 4.69) is 19.9 Å². The zero-order valence-electron chi connectivity index (χ0n) is 17.1. The molecule has 3 aromatic heterocycles. The van der Waals surface area contributed by atoms with Gasteiger partial charge in [0.1, 0.15) is 0 Å². The number of pyridine rings is 1. The molecule has 0 unspecified atom stereocenters. The van der Waals surface area contributed by atoms with E-state index in [4.69, 9.17) is 4.74 Å². The van der Waals surface area contributed by atoms with E-state index in [0.29, 0.717) is 28.2 Å². The van der Waals surface area contributed by atoms with Gasteiger partial charge in [0.15, 0.2) is 22.4 Å². The van der Waals surface area contributed by atoms with Crippen LogP contribution in [0.5, 0.6) is 0 Å². The van der Waals surface area contributed by atoms with Crippen molar-refractivity contribution in [3.8, 4) is 0 Å². The number of esters is 1. The van der Waals surface area contributed by atoms with Crippen LogP contribution in [0.15, 0.2) is 16.0 Å². The number of nitrogens with zero attached hydrogens (tertiary/aromatic N) is 2. The number of nitrogens with one attached hydrogen (secondary N) is 2. The molecule has 0 fully saturated rings. The van der Waals surface area contributed by atoms with Crippen LogP contribution >= 0.6 is 11.8 Å². The third-order valence-corrected chi connectivity index (χ3v) is 5.47. The van der Waals surface area contributed by atoms with E-state index in [1.807, 2.05) is 0 Å². The first kappa shape index (κ1) is 21.4. The van der Waals surface area contributed by atoms with Crippen LogP contribution in [0.1, 0.15) is 55.1 Å². The van der Waals surface area contributed by atoms with E-state index in [9.17, 15) is 19.2 Å². The molecular weight excluding hydrogens is 408 g/mol. The Labute approximate surface area is 175 Å². The molecule has 0 saturated heterocycles. The molecule has 0 saturated carbocycles. The van der Waals surface area contributed by atoms with Crippen LogP contribution in [0.25, 0.3) is 11.0 Å². The van der Waals surface area contributed by atoms with Crippen LogP contribution in [0.4, 0.5) is 0 Å². The van der Waals surface area contributed by atoms with E-state index in [-0.39, 0.29) is 39.1 Å². The minimum absolute atomic E-state index is 0.0116. The largest absolute Gasteiger partial charge is 0.465 e. The van der Waals surface area contributed by atoms with Crippen molar-refractivity contribution in [2.24, 2.45) is 0 Å². The molecule has 0 spiro atoms. The van der Waals surface area contributed by atoms with Crippen LogP contribution in [-0.2, 0) is 4.74 Å². The van der Waals surface area contributed by atoms with E-state index < -0.39 is 11.5 Å². The number of methoxy groups -OCH3 is 1. The Morgan fingerprint density at radius 3 is 2.43 bits per heavy atom. The van der Waals surface area contributed by atoms with Gasteiger partial charge in [0.2, 0.25) is 0 Å². The summed E-state index contributed by atoms with van der Waals surface area (Å²) in [6, 6.07) is 1.46. The van der Waals surface area contributed by atoms with Gasteiger partial charge in [-0.1, -0.05) is 11.8 Å². The molecule has 9 nitrogen and oxygen atoms in total. The molecule has 0 atom stereocenters. The first-order valence-electron chi connectivity index (χ1n) is 9.00. The van der Waals surface area contributed by atoms with Crippen LogP contribution in [0.2, 0.25) is 0 Å². The number of fused-ring (bicyclic) bond motifs is 1. The quantitative estimate of drug-likeness (QED) is 0.265. The van der Waals surface area contributed by atoms with Crippen LogP contribution < -0.4 is 5.56 Å². The number of hydrogen-bond donors (Lipinski definition) is 2. The van der Waals surface area contributed by atoms with Crippen LogP contribution in [-0.4, -0.2) is 50.3 Å². The van der Waals surface area contributed by atoms with Gasteiger partial charge < -0.3 is 14.7 Å². The number of aromatic nitrogens is 4. The SMILES string of the molecule is COC(=O)c1cc(C)nc2nc(SCC(=O)c3[nH]c(C)c(C(C)=O)c3C)[nH]c(=O)c12. The van der Waals surface area contributed by atoms with Crippen LogP contribution in [0, 0.1) is 20.8 Å². The summed E-state index contributed by atoms with van der Waals surface area (Å²) in [5.41, 5.74) is 2.24. The second-order valence-corrected chi connectivity index (χ2v) is 7.73. The number of thioether (sulfide) groups is 1. The highest BCUT2D eigenvalue weighted by molar-refractivity contribution is 7.99. The Hall–Kier alpha value is -3.27. The molecule has 3 aromatic rings. The molecule has 156 valence electrons. The molecule has 0 amide bonds. The van der Waals surface area contributed by atoms with E-state index in [1.165, 1.54) is 20.1 Å². The summed E-state index contributed by atoms with van der Waals surface area (Å²) < 4.78 is 4.73. The highest BCUT2D eigenvalue weighted by Gasteiger charge is 2.21. The lowest BCUT2D eigenvalue weighted by molar-refractivity contribution is 0.0602. The summed E-state index contributed by atoms with van der Waals surface area (Å²) in [5.74, 6) is -1.02. The molecule has 0 aliphatic heterocycles. The molecule has 0 aliphatic rings. The summed E-state index contributed by atoms with van der Waals surface area (Å²) in [7, 11) is 1.23. The summed E-state index contributed by atoms with van der Waals surface area (Å²) in [6.07, 6.45) is 0. The number of hydrogen-bond acceptors (Lipinski definition) is 8. The average Bonchev–Trinajstić information content (AvgIpc) is 2.98. The molecule has 2 N–H and O–H groups in total. The van der Waals surface area contributed by atoms with Gasteiger partial charge in [-0.05, 0) is 39.3 Å². The zero-order valence-corrected chi connectivity index (χ0v) is 17.9. The highest BCUT2D eigenvalue weighted by atomic mass is 32.2. The van der Waals surface area contributed by atoms with E-state index in [0.717, 1.165) is 11.8 Å². The third kappa shape index (κ3) is 3.90. The van der Waals surface area contributed by atoms with E-state index in [1.54, 1.807) is 20.8 Å². The van der Waals surface area contributed by atoms with Crippen LogP contribution in [0.3, 0.4) is 0 Å². The van der Waals surface area contributed by atoms with Crippen molar-refractivity contribution in [3.63, 3.8) is 0 Å². The van der Waals surface area contributed by atoms with Gasteiger partial charge in [-0.2, -0.15) is 0 Å². The summed E-state index contributed by atoms with van der Waals surface area (Å²) in [4.78, 5) is 63.0. The van der Waals surface area contributed by atoms with Crippen molar-refractivity contribution in [2.45, 2.75) is 32.9 Å². The number of Topliss-reactive ketones (excluding diaryl/α,β-unsaturated/α-hetero) is 2. The molecule has 3 rings (SSSR count). The summed E-state index contributed by atoms with van der Waals surface area (Å²) >= 11 is 1.03. The Morgan fingerprint density at radius 2 is 1.83 bits per heavy atom. The monoisotopic (exact) mass is 428 g/mol. The number of carbonyl (C=O) groups is 3. The maximum Gasteiger partial charge on any atom is 0.338 e. The van der Waals surface area contributed by atoms with Crippen molar-refractivity contribution < 1.29 is 19.1 Å². The number of ether oxygens (including phenoxy) is 1. The zero-order chi connectivity index (χ0) is 22.2. The van der Waals surface area contributed by atoms with Crippen molar-refractivity contribution in [3.05, 3.63) is 50.2 Å². The summed E-state index contributed by atoms with van der Waals surface area (Å²) in [6.45, 7) is 6.58. The Kier molecular flexibility index (Phi) is 5.88. The van der Waals surface area contributed by atoms with Gasteiger partial charge in [-0.15, -0.1) is 0 Å². The van der Waals surface area contributed by atoms with Gasteiger partial charge in [-0.3, -0.25) is 14.4 Å². The van der Waals surface area contributed by atoms with Gasteiger partial charge in [0.25, 0.3) is 5.56 Å². The first-order chi connectivity index (χ1) is 14.1. The molecule has 0 aliphatic carbocycles. The molecule has 0 radical (unpaired) electrons. The van der Waals surface area contributed by atoms with E-state index >= 15 is 0 Å². The molecule has 10 heteroatoms. The topological polar surface area (TPSA) is 135 Å². The highest BCUT2D eigenvalue weighted by Crippen LogP contribution is 2.22. The maximum absolute atomic E-state index is 12.7. The van der Waals surface area contributed by atoms with Crippen molar-refractivity contribution in [1.82, 2.24) is 19.9 Å². The Bertz CT molecular complexity index is 1260. The summed E-state index contributed by atoms with van der Waals surface area (Å²) in [5, 5.41) is 0.229. The predicted octanol–water partition coefficient (Wildman–Crippen LogP) is 2.54. The van der Waals surface area contributed by atoms with Crippen molar-refractivity contribution in [2.75, 3.05) is 12.9 Å². The van der Waals surface area contributed by atoms with Gasteiger partial charge in [0.05, 0.1) is 29.5 Å². The normalized spacial score (nSPS) is 11.0. The number of rotatable bonds is 6. The van der Waals surface area contributed by atoms with Crippen molar-refractivity contribution >= 4 is 40.3 Å². The third-order valence-electron chi connectivity index (χ3n) is 4.60. The number of aromatic amines is 2. The fraction of sp³-hybridized carbons (Fsp3) is 0.300. The second-order valence-electron chi connectivity index (χ2n) is 6.77. The number of aryl methyl sites for hydroxylation is 2. The molecule has 0 bridgehead atoms. The Morgan fingerprint density at radius 1 is 1.13 bits per heavy atom. The lowest BCUT2D eigenvalue weighted by Crippen LogP contribution is -2.16. The number of H-pyrrole nitrogens is 2. The van der Waals surface area contributed by atoms with Gasteiger partial charge >= 0.3 is 5.97 Å². The van der Waals surface area contributed by atoms with Gasteiger partial charge in [-0.25, -0.2) is 14.8 Å². The predicted molar refractivity (Wildman–Crippen MR) is 112 cm³/mol. The fourth-order valence-electron chi connectivity index (χ4n) is 3.35. The minimum Gasteiger partial charge on any atom is -0.465 e. The lowest BCUT2D eigenvalue weighted by Gasteiger charge is -2.07. The standard InChI is InChI=1S/C20H20N4O5S/c1-8-6-12(19(28)29-5)15-17(21-8)23-20(24-18(15)27)30-7-13(26)16-9(2)14(11(4)25)10(3)22-16/h6,22H,7H2,1-5H3,(H,21,23,24,27). The van der Waals surface area contributed by atoms with Gasteiger partial charge in [0, 0.05) is 17.0 Å². The van der Waals surface area contributed by atoms with Crippen molar-refractivity contribution in [1.29, 1.82) is 0 Å². The number of ketones is 2. The maximum atomic E-state index is 12.7. The molecule has 30 heavy (non-hydrogen) atoms. The average molecular weight is 428 g/mol. The molecule has 3 heterocycles.